The number of halogens is 3. The standard InChI is InChI=1S/C15H22N4O2S.C2HF3O2/c1-18(2)15-16-5-11-9-22(20,21)13-8-19(6-10-3-4-10)7-12(13)14(11)17-15;3-2(4,5)1(6)7/h5,10,12-13H,3-4,6-9H2,1-2H3;(H,6,7)/t12-,13+;/m0./s1. The van der Waals surface area contributed by atoms with Crippen LogP contribution in [0.4, 0.5) is 19.1 Å². The van der Waals surface area contributed by atoms with Crippen LogP contribution in [0.1, 0.15) is 30.0 Å². The van der Waals surface area contributed by atoms with Gasteiger partial charge in [-0.1, -0.05) is 0 Å². The highest BCUT2D eigenvalue weighted by Gasteiger charge is 2.48. The summed E-state index contributed by atoms with van der Waals surface area (Å²) >= 11 is 0. The summed E-state index contributed by atoms with van der Waals surface area (Å²) in [5.74, 6) is -1.21. The normalized spacial score (nSPS) is 25.4. The fourth-order valence-corrected chi connectivity index (χ4v) is 5.70. The molecule has 0 aromatic carbocycles. The van der Waals surface area contributed by atoms with Crippen LogP contribution >= 0.6 is 0 Å². The van der Waals surface area contributed by atoms with Gasteiger partial charge in [0.25, 0.3) is 0 Å². The minimum Gasteiger partial charge on any atom is -0.475 e. The van der Waals surface area contributed by atoms with E-state index in [1.807, 2.05) is 19.0 Å². The van der Waals surface area contributed by atoms with Gasteiger partial charge >= 0.3 is 12.1 Å². The SMILES string of the molecule is CN(C)c1ncc2c(n1)[C@H]1CN(CC3CC3)C[C@H]1S(=O)(=O)C2.O=C(O)C(F)(F)F. The van der Waals surface area contributed by atoms with Gasteiger partial charge in [0.1, 0.15) is 0 Å². The number of sulfone groups is 1. The van der Waals surface area contributed by atoms with Gasteiger partial charge in [-0.25, -0.2) is 23.2 Å². The first-order chi connectivity index (χ1) is 13.4. The summed E-state index contributed by atoms with van der Waals surface area (Å²) in [6.45, 7) is 2.53. The summed E-state index contributed by atoms with van der Waals surface area (Å²) in [6.07, 6.45) is -0.792. The quantitative estimate of drug-likeness (QED) is 0.756. The first-order valence-electron chi connectivity index (χ1n) is 9.15. The lowest BCUT2D eigenvalue weighted by Crippen LogP contribution is -2.35. The number of likely N-dealkylation sites (tertiary alicyclic amines) is 1. The van der Waals surface area contributed by atoms with E-state index >= 15 is 0 Å². The lowest BCUT2D eigenvalue weighted by molar-refractivity contribution is -0.192. The molecule has 1 aliphatic carbocycles. The fourth-order valence-electron chi connectivity index (χ4n) is 3.67. The smallest absolute Gasteiger partial charge is 0.475 e. The monoisotopic (exact) mass is 436 g/mol. The number of hydrogen-bond acceptors (Lipinski definition) is 7. The molecular weight excluding hydrogens is 413 g/mol. The molecule has 1 aromatic rings. The molecule has 162 valence electrons. The van der Waals surface area contributed by atoms with Gasteiger partial charge in [-0.3, -0.25) is 0 Å². The average molecular weight is 436 g/mol. The van der Waals surface area contributed by atoms with E-state index in [9.17, 15) is 21.6 Å². The molecule has 2 fully saturated rings. The van der Waals surface area contributed by atoms with Gasteiger partial charge in [0.15, 0.2) is 9.84 Å². The van der Waals surface area contributed by atoms with E-state index in [-0.39, 0.29) is 16.9 Å². The molecule has 2 aliphatic heterocycles. The van der Waals surface area contributed by atoms with Crippen molar-refractivity contribution < 1.29 is 31.5 Å². The number of rotatable bonds is 3. The van der Waals surface area contributed by atoms with Gasteiger partial charge in [-0.2, -0.15) is 13.2 Å². The maximum absolute atomic E-state index is 12.6. The molecule has 0 amide bonds. The van der Waals surface area contributed by atoms with Crippen molar-refractivity contribution in [3.63, 3.8) is 0 Å². The third kappa shape index (κ3) is 4.97. The van der Waals surface area contributed by atoms with Gasteiger partial charge in [0.05, 0.1) is 16.7 Å². The Hall–Kier alpha value is -1.95. The number of anilines is 1. The Bertz CT molecular complexity index is 887. The second-order valence-electron chi connectivity index (χ2n) is 7.89. The summed E-state index contributed by atoms with van der Waals surface area (Å²) in [5, 5.41) is 6.84. The Morgan fingerprint density at radius 1 is 1.31 bits per heavy atom. The third-order valence-corrected chi connectivity index (χ3v) is 7.37. The maximum Gasteiger partial charge on any atom is 0.490 e. The number of hydrogen-bond donors (Lipinski definition) is 1. The maximum atomic E-state index is 12.6. The van der Waals surface area contributed by atoms with E-state index in [4.69, 9.17) is 9.90 Å². The van der Waals surface area contributed by atoms with Crippen molar-refractivity contribution in [2.45, 2.75) is 35.9 Å². The van der Waals surface area contributed by atoms with Gasteiger partial charge in [0.2, 0.25) is 5.95 Å². The van der Waals surface area contributed by atoms with Crippen LogP contribution in [-0.4, -0.2) is 79.5 Å². The number of nitrogens with zero attached hydrogens (tertiary/aromatic N) is 4. The van der Waals surface area contributed by atoms with Gasteiger partial charge in [-0.05, 0) is 18.8 Å². The molecule has 8 nitrogen and oxygen atoms in total. The van der Waals surface area contributed by atoms with Crippen molar-refractivity contribution in [3.8, 4) is 0 Å². The summed E-state index contributed by atoms with van der Waals surface area (Å²) in [7, 11) is 0.729. The van der Waals surface area contributed by atoms with Crippen LogP contribution in [0.5, 0.6) is 0 Å². The first-order valence-corrected chi connectivity index (χ1v) is 10.9. The van der Waals surface area contributed by atoms with Crippen LogP contribution in [0.15, 0.2) is 6.20 Å². The van der Waals surface area contributed by atoms with Gasteiger partial charge in [-0.15, -0.1) is 0 Å². The molecule has 0 unspecified atom stereocenters. The molecule has 3 aliphatic rings. The zero-order chi connectivity index (χ0) is 21.6. The molecule has 2 atom stereocenters. The van der Waals surface area contributed by atoms with E-state index in [0.29, 0.717) is 12.5 Å². The Labute approximate surface area is 166 Å². The first kappa shape index (κ1) is 21.8. The van der Waals surface area contributed by atoms with Crippen LogP contribution in [0.2, 0.25) is 0 Å². The minimum absolute atomic E-state index is 0.00852. The Morgan fingerprint density at radius 2 is 1.93 bits per heavy atom. The van der Waals surface area contributed by atoms with Crippen LogP contribution in [0.25, 0.3) is 0 Å². The molecule has 1 aromatic heterocycles. The van der Waals surface area contributed by atoms with Crippen LogP contribution < -0.4 is 4.90 Å². The second-order valence-corrected chi connectivity index (χ2v) is 10.1. The van der Waals surface area contributed by atoms with Gasteiger partial charge in [0, 0.05) is 51.4 Å². The highest BCUT2D eigenvalue weighted by Crippen LogP contribution is 2.41. The Kier molecular flexibility index (Phi) is 5.78. The number of aromatic nitrogens is 2. The summed E-state index contributed by atoms with van der Waals surface area (Å²) < 4.78 is 56.9. The zero-order valence-electron chi connectivity index (χ0n) is 16.1. The third-order valence-electron chi connectivity index (χ3n) is 5.25. The van der Waals surface area contributed by atoms with E-state index in [1.165, 1.54) is 12.8 Å². The lowest BCUT2D eigenvalue weighted by atomic mass is 10.00. The molecule has 0 spiro atoms. The van der Waals surface area contributed by atoms with Crippen LogP contribution in [0.3, 0.4) is 0 Å². The highest BCUT2D eigenvalue weighted by atomic mass is 32.2. The summed E-state index contributed by atoms with van der Waals surface area (Å²) in [4.78, 5) is 22.1. The molecule has 3 heterocycles. The average Bonchev–Trinajstić information content (AvgIpc) is 3.29. The van der Waals surface area contributed by atoms with E-state index in [0.717, 1.165) is 30.3 Å². The molecule has 4 rings (SSSR count). The van der Waals surface area contributed by atoms with Crippen LogP contribution in [-0.2, 0) is 20.4 Å². The van der Waals surface area contributed by atoms with Crippen molar-refractivity contribution in [3.05, 3.63) is 17.5 Å². The number of carbonyl (C=O) groups is 1. The topological polar surface area (TPSA) is 104 Å². The van der Waals surface area contributed by atoms with Crippen LogP contribution in [0, 0.1) is 5.92 Å². The minimum atomic E-state index is -5.08. The van der Waals surface area contributed by atoms with Crippen molar-refractivity contribution >= 4 is 21.8 Å². The molecule has 0 bridgehead atoms. The fraction of sp³-hybridized carbons (Fsp3) is 0.706. The number of carboxylic acid groups (broad SMARTS) is 1. The number of fused-ring (bicyclic) bond motifs is 3. The number of aliphatic carboxylic acids is 1. The number of alkyl halides is 3. The van der Waals surface area contributed by atoms with Crippen molar-refractivity contribution in [2.24, 2.45) is 5.92 Å². The number of carboxylic acids is 1. The lowest BCUT2D eigenvalue weighted by Gasteiger charge is -2.27. The Morgan fingerprint density at radius 3 is 2.45 bits per heavy atom. The van der Waals surface area contributed by atoms with E-state index in [2.05, 4.69) is 14.9 Å². The largest absolute Gasteiger partial charge is 0.490 e. The Balaban J connectivity index is 0.000000298. The van der Waals surface area contributed by atoms with E-state index < -0.39 is 22.0 Å². The summed E-state index contributed by atoms with van der Waals surface area (Å²) in [5.41, 5.74) is 1.75. The van der Waals surface area contributed by atoms with Crippen molar-refractivity contribution in [1.82, 2.24) is 14.9 Å². The second kappa shape index (κ2) is 7.71. The molecule has 1 N–H and O–H groups in total. The van der Waals surface area contributed by atoms with E-state index in [1.54, 1.807) is 6.20 Å². The molecule has 1 saturated carbocycles. The van der Waals surface area contributed by atoms with Gasteiger partial charge < -0.3 is 14.9 Å². The molecule has 0 radical (unpaired) electrons. The predicted octanol–water partition coefficient (Wildman–Crippen LogP) is 1.28. The molecule has 29 heavy (non-hydrogen) atoms. The summed E-state index contributed by atoms with van der Waals surface area (Å²) in [6, 6.07) is 0. The zero-order valence-corrected chi connectivity index (χ0v) is 16.9. The molecular formula is C17H23F3N4O4S. The molecule has 1 saturated heterocycles. The van der Waals surface area contributed by atoms with Crippen molar-refractivity contribution in [2.75, 3.05) is 38.6 Å². The highest BCUT2D eigenvalue weighted by molar-refractivity contribution is 7.91. The molecule has 12 heteroatoms. The van der Waals surface area contributed by atoms with Crippen molar-refractivity contribution in [1.29, 1.82) is 0 Å². The predicted molar refractivity (Wildman–Crippen MR) is 98.4 cm³/mol.